The van der Waals surface area contributed by atoms with Crippen LogP contribution in [0.25, 0.3) is 54.6 Å². The van der Waals surface area contributed by atoms with E-state index in [2.05, 4.69) is 160 Å². The molecule has 0 N–H and O–H groups in total. The number of anilines is 3. The van der Waals surface area contributed by atoms with E-state index in [1.807, 2.05) is 12.1 Å². The maximum absolute atomic E-state index is 6.35. The van der Waals surface area contributed by atoms with Crippen LogP contribution < -0.4 is 4.90 Å². The third-order valence-electron chi connectivity index (χ3n) is 11.0. The summed E-state index contributed by atoms with van der Waals surface area (Å²) in [5, 5.41) is 7.30. The molecule has 0 spiro atoms. The average molecular weight is 594 g/mol. The van der Waals surface area contributed by atoms with Crippen molar-refractivity contribution in [2.45, 2.75) is 38.5 Å². The summed E-state index contributed by atoms with van der Waals surface area (Å²) in [4.78, 5) is 2.36. The summed E-state index contributed by atoms with van der Waals surface area (Å²) in [6, 6.07) is 50.8. The summed E-state index contributed by atoms with van der Waals surface area (Å²) in [5.74, 6) is 0. The normalized spacial score (nSPS) is 14.9. The SMILES string of the molecule is CC1(C)c2ccccc2-c2cc3c(ccc4c(N(c5ccccc5)c5ccc6c(c5)oc5ccccc56)cccc43)cc2C1(C)C. The number of hydrogen-bond acceptors (Lipinski definition) is 2. The second kappa shape index (κ2) is 9.58. The summed E-state index contributed by atoms with van der Waals surface area (Å²) in [7, 11) is 0. The predicted octanol–water partition coefficient (Wildman–Crippen LogP) is 12.6. The molecule has 0 saturated heterocycles. The monoisotopic (exact) mass is 593 g/mol. The minimum absolute atomic E-state index is 0.00537. The maximum atomic E-state index is 6.35. The fraction of sp³-hybridized carbons (Fsp3) is 0.136. The van der Waals surface area contributed by atoms with Gasteiger partial charge in [0.1, 0.15) is 11.2 Å². The number of fused-ring (bicyclic) bond motifs is 9. The molecule has 0 saturated carbocycles. The van der Waals surface area contributed by atoms with Crippen LogP contribution in [-0.2, 0) is 10.8 Å². The van der Waals surface area contributed by atoms with E-state index >= 15 is 0 Å². The largest absolute Gasteiger partial charge is 0.456 e. The summed E-state index contributed by atoms with van der Waals surface area (Å²) >= 11 is 0. The Kier molecular flexibility index (Phi) is 5.63. The fourth-order valence-corrected chi connectivity index (χ4v) is 7.85. The number of furan rings is 1. The van der Waals surface area contributed by atoms with Crippen molar-refractivity contribution in [1.29, 1.82) is 0 Å². The van der Waals surface area contributed by atoms with E-state index in [0.29, 0.717) is 0 Å². The highest BCUT2D eigenvalue weighted by Gasteiger charge is 2.45. The molecule has 46 heavy (non-hydrogen) atoms. The van der Waals surface area contributed by atoms with E-state index < -0.39 is 0 Å². The molecule has 2 nitrogen and oxygen atoms in total. The molecule has 222 valence electrons. The number of benzene rings is 7. The Morgan fingerprint density at radius 1 is 0.435 bits per heavy atom. The lowest BCUT2D eigenvalue weighted by Crippen LogP contribution is -2.43. The smallest absolute Gasteiger partial charge is 0.137 e. The summed E-state index contributed by atoms with van der Waals surface area (Å²) in [6.07, 6.45) is 0. The van der Waals surface area contributed by atoms with Crippen molar-refractivity contribution in [3.05, 3.63) is 151 Å². The van der Waals surface area contributed by atoms with Crippen LogP contribution in [0.1, 0.15) is 38.8 Å². The number of nitrogens with zero attached hydrogens (tertiary/aromatic N) is 1. The number of rotatable bonds is 3. The van der Waals surface area contributed by atoms with Gasteiger partial charge in [-0.05, 0) is 97.8 Å². The standard InChI is InChI=1S/C44H35NO/c1-43(2)38-18-10-8-15-32(38)37-27-36-28(25-39(37)44(43,3)4)21-23-33-31(36)17-12-19-40(33)45(29-13-6-5-7-14-29)30-22-24-35-34-16-9-11-20-41(34)46-42(35)26-30/h5-27H,1-4H3. The molecule has 1 heterocycles. The Morgan fingerprint density at radius 2 is 1.13 bits per heavy atom. The molecule has 8 aromatic rings. The molecule has 1 aliphatic carbocycles. The molecule has 7 aromatic carbocycles. The highest BCUT2D eigenvalue weighted by atomic mass is 16.3. The second-order valence-corrected chi connectivity index (χ2v) is 13.8. The molecule has 0 unspecified atom stereocenters. The molecular formula is C44H35NO. The van der Waals surface area contributed by atoms with E-state index in [9.17, 15) is 0 Å². The molecule has 0 atom stereocenters. The van der Waals surface area contributed by atoms with Crippen LogP contribution in [0, 0.1) is 0 Å². The van der Waals surface area contributed by atoms with Gasteiger partial charge < -0.3 is 9.32 Å². The molecule has 1 aliphatic rings. The lowest BCUT2D eigenvalue weighted by Gasteiger charge is -2.48. The molecule has 0 fully saturated rings. The quantitative estimate of drug-likeness (QED) is 0.189. The van der Waals surface area contributed by atoms with Crippen LogP contribution in [0.15, 0.2) is 144 Å². The maximum Gasteiger partial charge on any atom is 0.137 e. The second-order valence-electron chi connectivity index (χ2n) is 13.8. The lowest BCUT2D eigenvalue weighted by molar-refractivity contribution is 0.299. The van der Waals surface area contributed by atoms with Crippen molar-refractivity contribution in [2.75, 3.05) is 4.90 Å². The number of para-hydroxylation sites is 2. The molecule has 1 aromatic heterocycles. The van der Waals surface area contributed by atoms with Gasteiger partial charge in [0.15, 0.2) is 0 Å². The average Bonchev–Trinajstić information content (AvgIpc) is 3.46. The van der Waals surface area contributed by atoms with Gasteiger partial charge in [0.25, 0.3) is 0 Å². The molecular weight excluding hydrogens is 558 g/mol. The molecule has 0 amide bonds. The van der Waals surface area contributed by atoms with Gasteiger partial charge in [-0.3, -0.25) is 0 Å². The first-order chi connectivity index (χ1) is 22.3. The van der Waals surface area contributed by atoms with Crippen LogP contribution in [0.4, 0.5) is 17.1 Å². The summed E-state index contributed by atoms with van der Waals surface area (Å²) in [5.41, 5.74) is 10.6. The highest BCUT2D eigenvalue weighted by Crippen LogP contribution is 2.55. The van der Waals surface area contributed by atoms with Gasteiger partial charge in [-0.2, -0.15) is 0 Å². The summed E-state index contributed by atoms with van der Waals surface area (Å²) < 4.78 is 6.35. The van der Waals surface area contributed by atoms with Crippen LogP contribution in [-0.4, -0.2) is 0 Å². The van der Waals surface area contributed by atoms with Crippen molar-refractivity contribution >= 4 is 60.5 Å². The van der Waals surface area contributed by atoms with Crippen LogP contribution in [0.3, 0.4) is 0 Å². The van der Waals surface area contributed by atoms with Gasteiger partial charge in [0.2, 0.25) is 0 Å². The topological polar surface area (TPSA) is 16.4 Å². The first kappa shape index (κ1) is 27.0. The Morgan fingerprint density at radius 3 is 2.00 bits per heavy atom. The zero-order valence-electron chi connectivity index (χ0n) is 26.6. The molecule has 0 radical (unpaired) electrons. The zero-order valence-corrected chi connectivity index (χ0v) is 26.6. The van der Waals surface area contributed by atoms with Crippen molar-refractivity contribution in [2.24, 2.45) is 0 Å². The van der Waals surface area contributed by atoms with Crippen LogP contribution in [0.5, 0.6) is 0 Å². The van der Waals surface area contributed by atoms with Gasteiger partial charge in [-0.25, -0.2) is 0 Å². The zero-order chi connectivity index (χ0) is 31.2. The van der Waals surface area contributed by atoms with Crippen LogP contribution >= 0.6 is 0 Å². The molecule has 9 rings (SSSR count). The van der Waals surface area contributed by atoms with E-state index in [1.165, 1.54) is 43.8 Å². The third kappa shape index (κ3) is 3.70. The van der Waals surface area contributed by atoms with E-state index in [4.69, 9.17) is 4.42 Å². The highest BCUT2D eigenvalue weighted by molar-refractivity contribution is 6.14. The van der Waals surface area contributed by atoms with Gasteiger partial charge in [0.05, 0.1) is 5.69 Å². The van der Waals surface area contributed by atoms with Gasteiger partial charge >= 0.3 is 0 Å². The minimum Gasteiger partial charge on any atom is -0.456 e. The Labute approximate surface area is 269 Å². The fourth-order valence-electron chi connectivity index (χ4n) is 7.85. The first-order valence-electron chi connectivity index (χ1n) is 16.2. The first-order valence-corrected chi connectivity index (χ1v) is 16.2. The van der Waals surface area contributed by atoms with E-state index in [0.717, 1.165) is 39.0 Å². The van der Waals surface area contributed by atoms with E-state index in [1.54, 1.807) is 0 Å². The van der Waals surface area contributed by atoms with Gasteiger partial charge in [-0.15, -0.1) is 0 Å². The van der Waals surface area contributed by atoms with Crippen molar-refractivity contribution in [3.63, 3.8) is 0 Å². The molecule has 0 aliphatic heterocycles. The number of hydrogen-bond donors (Lipinski definition) is 0. The molecule has 2 heteroatoms. The summed E-state index contributed by atoms with van der Waals surface area (Å²) in [6.45, 7) is 9.60. The third-order valence-corrected chi connectivity index (χ3v) is 11.0. The Bertz CT molecular complexity index is 2480. The minimum atomic E-state index is -0.0267. The Hall–Kier alpha value is -5.34. The van der Waals surface area contributed by atoms with Crippen molar-refractivity contribution in [3.8, 4) is 11.1 Å². The lowest BCUT2D eigenvalue weighted by atomic mass is 9.55. The van der Waals surface area contributed by atoms with E-state index in [-0.39, 0.29) is 10.8 Å². The van der Waals surface area contributed by atoms with Gasteiger partial charge in [-0.1, -0.05) is 113 Å². The van der Waals surface area contributed by atoms with Crippen molar-refractivity contribution in [1.82, 2.24) is 0 Å². The van der Waals surface area contributed by atoms with Gasteiger partial charge in [0, 0.05) is 33.6 Å². The van der Waals surface area contributed by atoms with Crippen molar-refractivity contribution < 1.29 is 4.42 Å². The molecule has 0 bridgehead atoms. The predicted molar refractivity (Wildman–Crippen MR) is 195 cm³/mol. The Balaban J connectivity index is 1.29. The van der Waals surface area contributed by atoms with Crippen LogP contribution in [0.2, 0.25) is 0 Å².